The molecule has 1 N–H and O–H groups in total. The summed E-state index contributed by atoms with van der Waals surface area (Å²) >= 11 is 0. The number of anilines is 1. The number of nitrogens with zero attached hydrogens (tertiary/aromatic N) is 2. The molecule has 0 radical (unpaired) electrons. The maximum absolute atomic E-state index is 12.6. The molecule has 1 aromatic heterocycles. The van der Waals surface area contributed by atoms with Gasteiger partial charge in [0, 0.05) is 50.4 Å². The third kappa shape index (κ3) is 5.19. The molecule has 2 aromatic rings. The number of rotatable bonds is 3. The number of aryl methyl sites for hydroxylation is 1. The largest absolute Gasteiger partial charge is 0.490 e. The maximum atomic E-state index is 12.6. The quantitative estimate of drug-likeness (QED) is 0.849. The van der Waals surface area contributed by atoms with Gasteiger partial charge in [-0.3, -0.25) is 4.79 Å². The molecule has 0 bridgehead atoms. The van der Waals surface area contributed by atoms with E-state index in [0.29, 0.717) is 18.8 Å². The standard InChI is InChI=1S/C23H31N3O3/c1-16-14-20(15-21(27)25(16)5)29-19-10-12-26(13-11-19)22(28)24-18-8-6-17(7-9-18)23(2,3)4/h6-9,14-15,19H,10-13H2,1-5H3,(H,24,28). The summed E-state index contributed by atoms with van der Waals surface area (Å²) in [5.41, 5.74) is 2.92. The third-order valence-corrected chi connectivity index (χ3v) is 5.51. The molecule has 1 fully saturated rings. The first-order chi connectivity index (χ1) is 13.6. The van der Waals surface area contributed by atoms with Crippen LogP contribution >= 0.6 is 0 Å². The van der Waals surface area contributed by atoms with Crippen molar-refractivity contribution >= 4 is 11.7 Å². The number of benzene rings is 1. The fourth-order valence-corrected chi connectivity index (χ4v) is 3.43. The first-order valence-electron chi connectivity index (χ1n) is 10.1. The Morgan fingerprint density at radius 3 is 2.28 bits per heavy atom. The van der Waals surface area contributed by atoms with Crippen molar-refractivity contribution in [3.63, 3.8) is 0 Å². The van der Waals surface area contributed by atoms with E-state index in [2.05, 4.69) is 38.2 Å². The van der Waals surface area contributed by atoms with E-state index >= 15 is 0 Å². The zero-order valence-electron chi connectivity index (χ0n) is 18.0. The Morgan fingerprint density at radius 2 is 1.72 bits per heavy atom. The van der Waals surface area contributed by atoms with Gasteiger partial charge in [0.1, 0.15) is 11.9 Å². The summed E-state index contributed by atoms with van der Waals surface area (Å²) < 4.78 is 7.58. The number of likely N-dealkylation sites (tertiary alicyclic amines) is 1. The molecule has 1 aliphatic rings. The Kier molecular flexibility index (Phi) is 6.01. The van der Waals surface area contributed by atoms with Crippen LogP contribution in [0.15, 0.2) is 41.2 Å². The third-order valence-electron chi connectivity index (χ3n) is 5.51. The Hall–Kier alpha value is -2.76. The van der Waals surface area contributed by atoms with E-state index in [1.165, 1.54) is 11.6 Å². The van der Waals surface area contributed by atoms with Crippen molar-refractivity contribution in [1.29, 1.82) is 0 Å². The molecule has 1 saturated heterocycles. The van der Waals surface area contributed by atoms with Gasteiger partial charge in [0.25, 0.3) is 5.56 Å². The van der Waals surface area contributed by atoms with Crippen LogP contribution in [0.3, 0.4) is 0 Å². The van der Waals surface area contributed by atoms with Gasteiger partial charge in [0.2, 0.25) is 0 Å². The van der Waals surface area contributed by atoms with Crippen molar-refractivity contribution in [2.24, 2.45) is 7.05 Å². The lowest BCUT2D eigenvalue weighted by atomic mass is 9.87. The topological polar surface area (TPSA) is 63.6 Å². The molecule has 6 heteroatoms. The lowest BCUT2D eigenvalue weighted by Crippen LogP contribution is -2.43. The fraction of sp³-hybridized carbons (Fsp3) is 0.478. The van der Waals surface area contributed by atoms with Gasteiger partial charge in [-0.15, -0.1) is 0 Å². The number of hydrogen-bond donors (Lipinski definition) is 1. The number of carbonyl (C=O) groups excluding carboxylic acids is 1. The summed E-state index contributed by atoms with van der Waals surface area (Å²) in [6, 6.07) is 11.3. The van der Waals surface area contributed by atoms with Gasteiger partial charge < -0.3 is 19.5 Å². The number of urea groups is 1. The number of aromatic nitrogens is 1. The highest BCUT2D eigenvalue weighted by Crippen LogP contribution is 2.24. The molecule has 1 aliphatic heterocycles. The number of hydrogen-bond acceptors (Lipinski definition) is 3. The van der Waals surface area contributed by atoms with Crippen LogP contribution < -0.4 is 15.6 Å². The van der Waals surface area contributed by atoms with Crippen molar-refractivity contribution < 1.29 is 9.53 Å². The zero-order chi connectivity index (χ0) is 21.2. The minimum Gasteiger partial charge on any atom is -0.490 e. The van der Waals surface area contributed by atoms with Gasteiger partial charge in [0.15, 0.2) is 0 Å². The molecule has 0 unspecified atom stereocenters. The number of carbonyl (C=O) groups is 1. The Bertz CT molecular complexity index is 918. The fourth-order valence-electron chi connectivity index (χ4n) is 3.43. The molecule has 2 amide bonds. The van der Waals surface area contributed by atoms with Crippen molar-refractivity contribution in [3.8, 4) is 5.75 Å². The van der Waals surface area contributed by atoms with Crippen molar-refractivity contribution in [3.05, 3.63) is 58.0 Å². The van der Waals surface area contributed by atoms with Crippen LogP contribution in [0.4, 0.5) is 10.5 Å². The van der Waals surface area contributed by atoms with Crippen LogP contribution in [0.2, 0.25) is 0 Å². The van der Waals surface area contributed by atoms with Gasteiger partial charge >= 0.3 is 6.03 Å². The van der Waals surface area contributed by atoms with Gasteiger partial charge in [-0.05, 0) is 36.1 Å². The minimum atomic E-state index is -0.0867. The van der Waals surface area contributed by atoms with E-state index in [0.717, 1.165) is 24.2 Å². The highest BCUT2D eigenvalue weighted by Gasteiger charge is 2.24. The molecule has 29 heavy (non-hydrogen) atoms. The van der Waals surface area contributed by atoms with E-state index in [-0.39, 0.29) is 23.1 Å². The van der Waals surface area contributed by atoms with Crippen LogP contribution in [0.1, 0.15) is 44.9 Å². The second kappa shape index (κ2) is 8.31. The van der Waals surface area contributed by atoms with E-state index in [4.69, 9.17) is 4.74 Å². The molecule has 0 saturated carbocycles. The molecule has 156 valence electrons. The summed E-state index contributed by atoms with van der Waals surface area (Å²) in [6.45, 7) is 9.64. The minimum absolute atomic E-state index is 0.0108. The number of pyridine rings is 1. The summed E-state index contributed by atoms with van der Waals surface area (Å²) in [5.74, 6) is 0.604. The highest BCUT2D eigenvalue weighted by molar-refractivity contribution is 5.89. The van der Waals surface area contributed by atoms with Crippen molar-refractivity contribution in [2.75, 3.05) is 18.4 Å². The maximum Gasteiger partial charge on any atom is 0.321 e. The van der Waals surface area contributed by atoms with E-state index in [9.17, 15) is 9.59 Å². The molecule has 6 nitrogen and oxygen atoms in total. The van der Waals surface area contributed by atoms with Crippen LogP contribution in [0.5, 0.6) is 5.75 Å². The molecule has 3 rings (SSSR count). The molecule has 0 spiro atoms. The summed E-state index contributed by atoms with van der Waals surface area (Å²) in [6.07, 6.45) is 1.49. The summed E-state index contributed by atoms with van der Waals surface area (Å²) in [5, 5.41) is 2.98. The Labute approximate surface area is 172 Å². The van der Waals surface area contributed by atoms with Gasteiger partial charge in [0.05, 0.1) is 0 Å². The van der Waals surface area contributed by atoms with Crippen LogP contribution in [0.25, 0.3) is 0 Å². The highest BCUT2D eigenvalue weighted by atomic mass is 16.5. The predicted molar refractivity (Wildman–Crippen MR) is 116 cm³/mol. The summed E-state index contributed by atoms with van der Waals surface area (Å²) in [7, 11) is 1.75. The average Bonchev–Trinajstić information content (AvgIpc) is 2.66. The Morgan fingerprint density at radius 1 is 1.10 bits per heavy atom. The van der Waals surface area contributed by atoms with E-state index in [1.54, 1.807) is 11.6 Å². The number of nitrogens with one attached hydrogen (secondary N) is 1. The second-order valence-electron chi connectivity index (χ2n) is 8.79. The van der Waals surface area contributed by atoms with Crippen LogP contribution in [-0.4, -0.2) is 34.7 Å². The van der Waals surface area contributed by atoms with Crippen molar-refractivity contribution in [1.82, 2.24) is 9.47 Å². The van der Waals surface area contributed by atoms with Crippen molar-refractivity contribution in [2.45, 2.75) is 52.1 Å². The smallest absolute Gasteiger partial charge is 0.321 e. The van der Waals surface area contributed by atoms with Gasteiger partial charge in [-0.1, -0.05) is 32.9 Å². The first-order valence-corrected chi connectivity index (χ1v) is 10.1. The first kappa shape index (κ1) is 21.0. The summed E-state index contributed by atoms with van der Waals surface area (Å²) in [4.78, 5) is 26.3. The number of ether oxygens (including phenoxy) is 1. The SMILES string of the molecule is Cc1cc(OC2CCN(C(=O)Nc3ccc(C(C)(C)C)cc3)CC2)cc(=O)n1C. The predicted octanol–water partition coefficient (Wildman–Crippen LogP) is 4.07. The molecular formula is C23H31N3O3. The molecular weight excluding hydrogens is 366 g/mol. The lowest BCUT2D eigenvalue weighted by molar-refractivity contribution is 0.115. The monoisotopic (exact) mass is 397 g/mol. The molecule has 2 heterocycles. The van der Waals surface area contributed by atoms with Gasteiger partial charge in [-0.25, -0.2) is 4.79 Å². The molecule has 1 aromatic carbocycles. The lowest BCUT2D eigenvalue weighted by Gasteiger charge is -2.32. The normalized spacial score (nSPS) is 15.3. The van der Waals surface area contributed by atoms with E-state index in [1.807, 2.05) is 30.0 Å². The molecule has 0 aliphatic carbocycles. The second-order valence-corrected chi connectivity index (χ2v) is 8.79. The molecule has 0 atom stereocenters. The number of amides is 2. The zero-order valence-corrected chi connectivity index (χ0v) is 18.0. The van der Waals surface area contributed by atoms with Crippen LogP contribution in [-0.2, 0) is 12.5 Å². The average molecular weight is 398 g/mol. The van der Waals surface area contributed by atoms with E-state index < -0.39 is 0 Å². The Balaban J connectivity index is 1.52. The van der Waals surface area contributed by atoms with Gasteiger partial charge in [-0.2, -0.15) is 0 Å². The number of piperidine rings is 1. The van der Waals surface area contributed by atoms with Crippen LogP contribution in [0, 0.1) is 6.92 Å².